The van der Waals surface area contributed by atoms with E-state index in [1.165, 1.54) is 6.07 Å². The number of ether oxygens (including phenoxy) is 2. The predicted octanol–water partition coefficient (Wildman–Crippen LogP) is 1.91. The minimum absolute atomic E-state index is 0.0269. The Morgan fingerprint density at radius 1 is 1.57 bits per heavy atom. The molecule has 1 unspecified atom stereocenters. The molecule has 1 fully saturated rings. The summed E-state index contributed by atoms with van der Waals surface area (Å²) < 4.78 is 34.2. The van der Waals surface area contributed by atoms with Crippen LogP contribution in [0.3, 0.4) is 0 Å². The molecule has 1 heterocycles. The van der Waals surface area contributed by atoms with Gasteiger partial charge in [0.15, 0.2) is 0 Å². The number of halogens is 2. The summed E-state index contributed by atoms with van der Waals surface area (Å²) in [5, 5.41) is 5.84. The van der Waals surface area contributed by atoms with Crippen molar-refractivity contribution < 1.29 is 23.0 Å². The number of benzene rings is 1. The molecule has 1 aromatic carbocycles. The monoisotopic (exact) mass is 300 g/mol. The van der Waals surface area contributed by atoms with Crippen LogP contribution in [0.15, 0.2) is 18.2 Å². The quantitative estimate of drug-likeness (QED) is 0.872. The number of nitrogens with one attached hydrogen (secondary N) is 2. The number of hydrogen-bond acceptors (Lipinski definition) is 4. The van der Waals surface area contributed by atoms with Gasteiger partial charge in [0.1, 0.15) is 5.75 Å². The SMILES string of the molecule is Cc1ccc(NC(=O)CC2COCCN2)cc1OC(F)F. The lowest BCUT2D eigenvalue weighted by molar-refractivity contribution is -0.117. The molecule has 0 spiro atoms. The second-order valence-electron chi connectivity index (χ2n) is 4.84. The van der Waals surface area contributed by atoms with E-state index in [2.05, 4.69) is 15.4 Å². The van der Waals surface area contributed by atoms with Crippen molar-refractivity contribution in [3.63, 3.8) is 0 Å². The molecule has 1 atom stereocenters. The standard InChI is InChI=1S/C14H18F2N2O3/c1-9-2-3-10(6-12(9)21-14(15)16)18-13(19)7-11-8-20-5-4-17-11/h2-3,6,11,14,17H,4-5,7-8H2,1H3,(H,18,19). The topological polar surface area (TPSA) is 59.6 Å². The van der Waals surface area contributed by atoms with Crippen molar-refractivity contribution in [2.75, 3.05) is 25.1 Å². The summed E-state index contributed by atoms with van der Waals surface area (Å²) in [7, 11) is 0. The number of carbonyl (C=O) groups excluding carboxylic acids is 1. The van der Waals surface area contributed by atoms with Gasteiger partial charge >= 0.3 is 6.61 Å². The molecule has 1 aromatic rings. The van der Waals surface area contributed by atoms with Gasteiger partial charge in [-0.1, -0.05) is 6.07 Å². The highest BCUT2D eigenvalue weighted by Gasteiger charge is 2.17. The van der Waals surface area contributed by atoms with Crippen LogP contribution in [0.4, 0.5) is 14.5 Å². The minimum atomic E-state index is -2.89. The Balaban J connectivity index is 1.93. The van der Waals surface area contributed by atoms with Crippen LogP contribution in [-0.2, 0) is 9.53 Å². The van der Waals surface area contributed by atoms with Crippen LogP contribution >= 0.6 is 0 Å². The van der Waals surface area contributed by atoms with E-state index in [9.17, 15) is 13.6 Å². The zero-order valence-electron chi connectivity index (χ0n) is 11.7. The molecule has 21 heavy (non-hydrogen) atoms. The molecule has 0 saturated carbocycles. The van der Waals surface area contributed by atoms with Crippen LogP contribution in [0, 0.1) is 6.92 Å². The first-order chi connectivity index (χ1) is 10.0. The van der Waals surface area contributed by atoms with Gasteiger partial charge in [0.25, 0.3) is 0 Å². The maximum Gasteiger partial charge on any atom is 0.387 e. The highest BCUT2D eigenvalue weighted by atomic mass is 19.3. The molecule has 2 rings (SSSR count). The molecule has 5 nitrogen and oxygen atoms in total. The Hall–Kier alpha value is -1.73. The van der Waals surface area contributed by atoms with E-state index in [0.29, 0.717) is 24.5 Å². The number of morpholine rings is 1. The summed E-state index contributed by atoms with van der Waals surface area (Å²) in [6, 6.07) is 4.64. The Labute approximate surface area is 121 Å². The second kappa shape index (κ2) is 7.33. The summed E-state index contributed by atoms with van der Waals surface area (Å²) in [5.41, 5.74) is 1.01. The first-order valence-corrected chi connectivity index (χ1v) is 6.71. The first kappa shape index (κ1) is 15.7. The fourth-order valence-corrected chi connectivity index (χ4v) is 2.09. The number of anilines is 1. The van der Waals surface area contributed by atoms with Crippen molar-refractivity contribution in [1.29, 1.82) is 0 Å². The molecule has 116 valence electrons. The molecule has 0 aliphatic carbocycles. The van der Waals surface area contributed by atoms with Gasteiger partial charge in [-0.2, -0.15) is 8.78 Å². The van der Waals surface area contributed by atoms with E-state index in [1.54, 1.807) is 19.1 Å². The summed E-state index contributed by atoms with van der Waals surface area (Å²) >= 11 is 0. The molecule has 1 saturated heterocycles. The Morgan fingerprint density at radius 3 is 3.05 bits per heavy atom. The lowest BCUT2D eigenvalue weighted by Crippen LogP contribution is -2.43. The van der Waals surface area contributed by atoms with Crippen LogP contribution in [0.2, 0.25) is 0 Å². The van der Waals surface area contributed by atoms with Crippen molar-refractivity contribution >= 4 is 11.6 Å². The molecule has 0 bridgehead atoms. The van der Waals surface area contributed by atoms with Gasteiger partial charge in [-0.25, -0.2) is 0 Å². The third-order valence-electron chi connectivity index (χ3n) is 3.12. The number of amides is 1. The third-order valence-corrected chi connectivity index (χ3v) is 3.12. The van der Waals surface area contributed by atoms with Gasteiger partial charge in [-0.05, 0) is 18.6 Å². The summed E-state index contributed by atoms with van der Waals surface area (Å²) in [6.45, 7) is 0.616. The van der Waals surface area contributed by atoms with Crippen molar-refractivity contribution in [3.8, 4) is 5.75 Å². The fourth-order valence-electron chi connectivity index (χ4n) is 2.09. The summed E-state index contributed by atoms with van der Waals surface area (Å²) in [4.78, 5) is 11.9. The average molecular weight is 300 g/mol. The van der Waals surface area contributed by atoms with Crippen LogP contribution in [0.5, 0.6) is 5.75 Å². The normalized spacial score (nSPS) is 18.6. The minimum Gasteiger partial charge on any atom is -0.434 e. The van der Waals surface area contributed by atoms with E-state index >= 15 is 0 Å². The third kappa shape index (κ3) is 4.95. The molecule has 1 amide bonds. The largest absolute Gasteiger partial charge is 0.434 e. The maximum atomic E-state index is 12.3. The number of carbonyl (C=O) groups is 1. The van der Waals surface area contributed by atoms with Crippen molar-refractivity contribution in [1.82, 2.24) is 5.32 Å². The molecule has 7 heteroatoms. The van der Waals surface area contributed by atoms with Gasteiger partial charge in [0.2, 0.25) is 5.91 Å². The van der Waals surface area contributed by atoms with Crippen LogP contribution in [0.1, 0.15) is 12.0 Å². The van der Waals surface area contributed by atoms with Crippen LogP contribution in [0.25, 0.3) is 0 Å². The lowest BCUT2D eigenvalue weighted by Gasteiger charge is -2.23. The molecule has 1 aliphatic heterocycles. The van der Waals surface area contributed by atoms with E-state index < -0.39 is 6.61 Å². The Bertz CT molecular complexity index is 491. The molecule has 0 aromatic heterocycles. The predicted molar refractivity (Wildman–Crippen MR) is 73.7 cm³/mol. The number of rotatable bonds is 5. The van der Waals surface area contributed by atoms with Crippen LogP contribution in [-0.4, -0.2) is 38.3 Å². The fraction of sp³-hybridized carbons (Fsp3) is 0.500. The zero-order chi connectivity index (χ0) is 15.2. The molecule has 2 N–H and O–H groups in total. The molecule has 0 radical (unpaired) electrons. The number of alkyl halides is 2. The summed E-state index contributed by atoms with van der Waals surface area (Å²) in [6.07, 6.45) is 0.263. The summed E-state index contributed by atoms with van der Waals surface area (Å²) in [5.74, 6) is -0.147. The van der Waals surface area contributed by atoms with E-state index in [-0.39, 0.29) is 24.1 Å². The molecular weight excluding hydrogens is 282 g/mol. The second-order valence-corrected chi connectivity index (χ2v) is 4.84. The van der Waals surface area contributed by atoms with Gasteiger partial charge in [-0.3, -0.25) is 4.79 Å². The highest BCUT2D eigenvalue weighted by molar-refractivity contribution is 5.91. The van der Waals surface area contributed by atoms with E-state index in [0.717, 1.165) is 6.54 Å². The lowest BCUT2D eigenvalue weighted by atomic mass is 10.1. The van der Waals surface area contributed by atoms with E-state index in [1.807, 2.05) is 0 Å². The van der Waals surface area contributed by atoms with Crippen molar-refractivity contribution in [2.45, 2.75) is 26.0 Å². The van der Waals surface area contributed by atoms with Crippen LogP contribution < -0.4 is 15.4 Å². The van der Waals surface area contributed by atoms with Crippen molar-refractivity contribution in [3.05, 3.63) is 23.8 Å². The molecule has 1 aliphatic rings. The number of aryl methyl sites for hydroxylation is 1. The number of hydrogen-bond donors (Lipinski definition) is 2. The first-order valence-electron chi connectivity index (χ1n) is 6.71. The zero-order valence-corrected chi connectivity index (χ0v) is 11.7. The van der Waals surface area contributed by atoms with Gasteiger partial charge in [0.05, 0.1) is 13.2 Å². The maximum absolute atomic E-state index is 12.3. The smallest absolute Gasteiger partial charge is 0.387 e. The van der Waals surface area contributed by atoms with Gasteiger partial charge in [-0.15, -0.1) is 0 Å². The van der Waals surface area contributed by atoms with Gasteiger partial charge < -0.3 is 20.1 Å². The van der Waals surface area contributed by atoms with Gasteiger partial charge in [0, 0.05) is 30.8 Å². The van der Waals surface area contributed by atoms with Crippen molar-refractivity contribution in [2.24, 2.45) is 0 Å². The average Bonchev–Trinajstić information content (AvgIpc) is 2.43. The Morgan fingerprint density at radius 2 is 2.38 bits per heavy atom. The molecular formula is C14H18F2N2O3. The Kier molecular flexibility index (Phi) is 5.46. The van der Waals surface area contributed by atoms with E-state index in [4.69, 9.17) is 4.74 Å². The highest BCUT2D eigenvalue weighted by Crippen LogP contribution is 2.24.